The summed E-state index contributed by atoms with van der Waals surface area (Å²) in [7, 11) is 0. The number of halogens is 1. The number of aromatic carboxylic acids is 1. The van der Waals surface area contributed by atoms with Crippen LogP contribution in [0.4, 0.5) is 0 Å². The summed E-state index contributed by atoms with van der Waals surface area (Å²) in [5, 5.41) is 11.1. The monoisotopic (exact) mass is 382 g/mol. The molecule has 0 unspecified atom stereocenters. The lowest BCUT2D eigenvalue weighted by Crippen LogP contribution is -2.33. The SMILES string of the molecule is Cc1cc(Cl)c(CN2CCCC[C@H]2c2ccc(C(=O)O)cc2)c2cc[nH]c12. The predicted molar refractivity (Wildman–Crippen MR) is 108 cm³/mol. The highest BCUT2D eigenvalue weighted by molar-refractivity contribution is 6.32. The molecule has 2 aromatic carbocycles. The van der Waals surface area contributed by atoms with Crippen LogP contribution in [0.15, 0.2) is 42.6 Å². The Balaban J connectivity index is 1.66. The first-order chi connectivity index (χ1) is 13.0. The molecule has 5 heteroatoms. The van der Waals surface area contributed by atoms with Crippen molar-refractivity contribution < 1.29 is 9.90 Å². The second-order valence-corrected chi connectivity index (χ2v) is 7.74. The van der Waals surface area contributed by atoms with E-state index in [1.54, 1.807) is 12.1 Å². The van der Waals surface area contributed by atoms with Gasteiger partial charge in [0.15, 0.2) is 0 Å². The minimum Gasteiger partial charge on any atom is -0.478 e. The first-order valence-corrected chi connectivity index (χ1v) is 9.75. The number of carbonyl (C=O) groups is 1. The molecule has 140 valence electrons. The molecule has 0 amide bonds. The molecule has 0 spiro atoms. The minimum atomic E-state index is -0.886. The van der Waals surface area contributed by atoms with Crippen molar-refractivity contribution >= 4 is 28.5 Å². The van der Waals surface area contributed by atoms with Gasteiger partial charge in [-0.2, -0.15) is 0 Å². The van der Waals surface area contributed by atoms with E-state index in [2.05, 4.69) is 22.9 Å². The van der Waals surface area contributed by atoms with Gasteiger partial charge in [-0.3, -0.25) is 4.90 Å². The van der Waals surface area contributed by atoms with Gasteiger partial charge in [0.2, 0.25) is 0 Å². The Morgan fingerprint density at radius 2 is 2.04 bits per heavy atom. The van der Waals surface area contributed by atoms with Gasteiger partial charge in [0.25, 0.3) is 0 Å². The van der Waals surface area contributed by atoms with Crippen LogP contribution >= 0.6 is 11.6 Å². The molecule has 0 radical (unpaired) electrons. The summed E-state index contributed by atoms with van der Waals surface area (Å²) in [5.41, 5.74) is 4.97. The summed E-state index contributed by atoms with van der Waals surface area (Å²) in [6, 6.07) is 11.7. The van der Waals surface area contributed by atoms with Crippen LogP contribution in [0, 0.1) is 6.92 Å². The molecule has 0 aliphatic carbocycles. The Labute approximate surface area is 163 Å². The summed E-state index contributed by atoms with van der Waals surface area (Å²) in [5.74, 6) is -0.886. The number of hydrogen-bond donors (Lipinski definition) is 2. The zero-order chi connectivity index (χ0) is 19.0. The van der Waals surface area contributed by atoms with Crippen LogP contribution in [0.5, 0.6) is 0 Å². The molecule has 2 heterocycles. The predicted octanol–water partition coefficient (Wildman–Crippen LogP) is 5.56. The molecule has 1 saturated heterocycles. The van der Waals surface area contributed by atoms with Gasteiger partial charge in [0.05, 0.1) is 5.56 Å². The molecule has 0 bridgehead atoms. The molecule has 1 aromatic heterocycles. The van der Waals surface area contributed by atoms with E-state index in [9.17, 15) is 4.79 Å². The van der Waals surface area contributed by atoms with Crippen LogP contribution in [0.3, 0.4) is 0 Å². The number of aryl methyl sites for hydroxylation is 1. The molecule has 1 fully saturated rings. The Morgan fingerprint density at radius 1 is 1.26 bits per heavy atom. The molecule has 0 saturated carbocycles. The fourth-order valence-corrected chi connectivity index (χ4v) is 4.52. The van der Waals surface area contributed by atoms with Crippen molar-refractivity contribution in [3.8, 4) is 0 Å². The number of carboxylic acids is 1. The van der Waals surface area contributed by atoms with E-state index in [1.807, 2.05) is 24.4 Å². The number of nitrogens with one attached hydrogen (secondary N) is 1. The third-order valence-corrected chi connectivity index (χ3v) is 5.95. The highest BCUT2D eigenvalue weighted by atomic mass is 35.5. The van der Waals surface area contributed by atoms with Gasteiger partial charge in [-0.15, -0.1) is 0 Å². The number of rotatable bonds is 4. The first kappa shape index (κ1) is 18.1. The largest absolute Gasteiger partial charge is 0.478 e. The summed E-state index contributed by atoms with van der Waals surface area (Å²) in [6.07, 6.45) is 5.40. The summed E-state index contributed by atoms with van der Waals surface area (Å²) in [4.78, 5) is 16.9. The molecule has 1 aliphatic rings. The van der Waals surface area contributed by atoms with Crippen LogP contribution in [-0.2, 0) is 6.54 Å². The number of aromatic nitrogens is 1. The number of piperidine rings is 1. The molecule has 1 aliphatic heterocycles. The van der Waals surface area contributed by atoms with Gasteiger partial charge in [-0.25, -0.2) is 4.79 Å². The quantitative estimate of drug-likeness (QED) is 0.621. The highest BCUT2D eigenvalue weighted by Crippen LogP contribution is 2.36. The Bertz CT molecular complexity index is 978. The fraction of sp³-hybridized carbons (Fsp3) is 0.318. The average Bonchev–Trinajstić information content (AvgIpc) is 3.16. The number of carboxylic acid groups (broad SMARTS) is 1. The number of benzene rings is 2. The second kappa shape index (κ2) is 7.37. The van der Waals surface area contributed by atoms with Crippen molar-refractivity contribution in [3.05, 3.63) is 69.9 Å². The van der Waals surface area contributed by atoms with Crippen LogP contribution in [0.25, 0.3) is 10.9 Å². The fourth-order valence-electron chi connectivity index (χ4n) is 4.19. The van der Waals surface area contributed by atoms with E-state index in [-0.39, 0.29) is 6.04 Å². The third-order valence-electron chi connectivity index (χ3n) is 5.62. The molecular weight excluding hydrogens is 360 g/mol. The van der Waals surface area contributed by atoms with Gasteiger partial charge in [-0.05, 0) is 67.3 Å². The summed E-state index contributed by atoms with van der Waals surface area (Å²) < 4.78 is 0. The van der Waals surface area contributed by atoms with Gasteiger partial charge in [-0.1, -0.05) is 30.2 Å². The first-order valence-electron chi connectivity index (χ1n) is 9.37. The van der Waals surface area contributed by atoms with Crippen molar-refractivity contribution in [2.24, 2.45) is 0 Å². The Morgan fingerprint density at radius 3 is 2.78 bits per heavy atom. The molecule has 2 N–H and O–H groups in total. The number of nitrogens with zero attached hydrogens (tertiary/aromatic N) is 1. The van der Waals surface area contributed by atoms with Gasteiger partial charge >= 0.3 is 5.97 Å². The van der Waals surface area contributed by atoms with Gasteiger partial charge in [0, 0.05) is 34.7 Å². The van der Waals surface area contributed by atoms with E-state index >= 15 is 0 Å². The number of fused-ring (bicyclic) bond motifs is 1. The highest BCUT2D eigenvalue weighted by Gasteiger charge is 2.25. The van der Waals surface area contributed by atoms with E-state index < -0.39 is 5.97 Å². The molecule has 27 heavy (non-hydrogen) atoms. The standard InChI is InChI=1S/C22H23ClN2O2/c1-14-12-19(23)18(17-9-10-24-21(14)17)13-25-11-3-2-4-20(25)15-5-7-16(8-6-15)22(26)27/h5-10,12,20,24H,2-4,11,13H2,1H3,(H,26,27)/t20-/m0/s1. The maximum atomic E-state index is 11.1. The van der Waals surface area contributed by atoms with E-state index in [0.29, 0.717) is 5.56 Å². The van der Waals surface area contributed by atoms with Gasteiger partial charge in [0.1, 0.15) is 0 Å². The summed E-state index contributed by atoms with van der Waals surface area (Å²) >= 11 is 6.63. The Kier molecular flexibility index (Phi) is 4.94. The minimum absolute atomic E-state index is 0.285. The third kappa shape index (κ3) is 3.47. The smallest absolute Gasteiger partial charge is 0.335 e. The van der Waals surface area contributed by atoms with Gasteiger partial charge < -0.3 is 10.1 Å². The van der Waals surface area contributed by atoms with Crippen molar-refractivity contribution in [2.45, 2.75) is 38.8 Å². The number of hydrogen-bond acceptors (Lipinski definition) is 2. The second-order valence-electron chi connectivity index (χ2n) is 7.33. The molecule has 3 aromatic rings. The molecule has 1 atom stereocenters. The molecule has 4 rings (SSSR count). The van der Waals surface area contributed by atoms with E-state index in [1.165, 1.54) is 23.8 Å². The van der Waals surface area contributed by atoms with Crippen molar-refractivity contribution in [1.29, 1.82) is 0 Å². The zero-order valence-electron chi connectivity index (χ0n) is 15.3. The lowest BCUT2D eigenvalue weighted by Gasteiger charge is -2.36. The topological polar surface area (TPSA) is 56.3 Å². The number of likely N-dealkylation sites (tertiary alicyclic amines) is 1. The van der Waals surface area contributed by atoms with Crippen LogP contribution in [-0.4, -0.2) is 27.5 Å². The van der Waals surface area contributed by atoms with Crippen LogP contribution < -0.4 is 0 Å². The van der Waals surface area contributed by atoms with E-state index in [4.69, 9.17) is 16.7 Å². The van der Waals surface area contributed by atoms with Crippen LogP contribution in [0.1, 0.15) is 52.4 Å². The van der Waals surface area contributed by atoms with E-state index in [0.717, 1.165) is 41.2 Å². The Hall–Kier alpha value is -2.30. The lowest BCUT2D eigenvalue weighted by molar-refractivity contribution is 0.0696. The summed E-state index contributed by atoms with van der Waals surface area (Å²) in [6.45, 7) is 3.88. The maximum Gasteiger partial charge on any atom is 0.335 e. The number of aromatic amines is 1. The maximum absolute atomic E-state index is 11.1. The normalized spacial score (nSPS) is 18.1. The average molecular weight is 383 g/mol. The molecular formula is C22H23ClN2O2. The van der Waals surface area contributed by atoms with Crippen molar-refractivity contribution in [1.82, 2.24) is 9.88 Å². The number of H-pyrrole nitrogens is 1. The molecule has 4 nitrogen and oxygen atoms in total. The van der Waals surface area contributed by atoms with Crippen molar-refractivity contribution in [2.75, 3.05) is 6.54 Å². The zero-order valence-corrected chi connectivity index (χ0v) is 16.1. The van der Waals surface area contributed by atoms with Crippen molar-refractivity contribution in [3.63, 3.8) is 0 Å². The lowest BCUT2D eigenvalue weighted by atomic mass is 9.93. The van der Waals surface area contributed by atoms with Crippen LogP contribution in [0.2, 0.25) is 5.02 Å².